The van der Waals surface area contributed by atoms with E-state index in [1.807, 2.05) is 41.5 Å². The predicted octanol–water partition coefficient (Wildman–Crippen LogP) is 6.61. The molecule has 0 aromatic carbocycles. The summed E-state index contributed by atoms with van der Waals surface area (Å²) in [5.74, 6) is 0. The van der Waals surface area contributed by atoms with Crippen molar-refractivity contribution in [1.82, 2.24) is 0 Å². The van der Waals surface area contributed by atoms with Gasteiger partial charge in [-0.05, 0) is 26.7 Å². The summed E-state index contributed by atoms with van der Waals surface area (Å²) < 4.78 is 10.8. The molecule has 29 heavy (non-hydrogen) atoms. The Morgan fingerprint density at radius 3 is 1.21 bits per heavy atom. The van der Waals surface area contributed by atoms with Gasteiger partial charge in [-0.1, -0.05) is 90.8 Å². The molecule has 4 unspecified atom stereocenters. The fraction of sp³-hybridized carbons (Fsp3) is 1.00. The minimum atomic E-state index is -2.84. The largest absolute Gasteiger partial charge is 2.00 e. The zero-order valence-corrected chi connectivity index (χ0v) is 27.4. The van der Waals surface area contributed by atoms with Crippen LogP contribution < -0.4 is 9.79 Å². The first kappa shape index (κ1) is 36.0. The molecule has 0 aromatic rings. The fourth-order valence-electron chi connectivity index (χ4n) is 2.10. The SMILES string of the molecule is CCCCC(C)OP([O-])(=S)SC(C)C.CCCCC(C)OP([O-])(=S)SC(C)C.[Zn+2]. The summed E-state index contributed by atoms with van der Waals surface area (Å²) in [6.45, 7) is 16.0. The molecule has 0 heterocycles. The first-order chi connectivity index (χ1) is 12.7. The van der Waals surface area contributed by atoms with Gasteiger partial charge in [-0.3, -0.25) is 0 Å². The van der Waals surface area contributed by atoms with Crippen LogP contribution in [0.15, 0.2) is 0 Å². The molecule has 0 aliphatic heterocycles. The van der Waals surface area contributed by atoms with Crippen LogP contribution in [0.2, 0.25) is 0 Å². The van der Waals surface area contributed by atoms with Crippen molar-refractivity contribution in [3.8, 4) is 0 Å². The molecule has 0 saturated heterocycles. The molecule has 0 fully saturated rings. The maximum Gasteiger partial charge on any atom is 2.00 e. The quantitative estimate of drug-likeness (QED) is 0.169. The van der Waals surface area contributed by atoms with Crippen molar-refractivity contribution in [1.29, 1.82) is 0 Å². The van der Waals surface area contributed by atoms with Crippen molar-refractivity contribution in [2.45, 2.75) is 117 Å². The Bertz CT molecular complexity index is 443. The van der Waals surface area contributed by atoms with Crippen molar-refractivity contribution >= 4 is 57.8 Å². The summed E-state index contributed by atoms with van der Waals surface area (Å²) in [6, 6.07) is 0. The van der Waals surface area contributed by atoms with Gasteiger partial charge in [-0.15, -0.1) is 22.8 Å². The predicted molar refractivity (Wildman–Crippen MR) is 134 cm³/mol. The molecule has 0 aliphatic carbocycles. The van der Waals surface area contributed by atoms with Gasteiger partial charge in [0.25, 0.3) is 0 Å². The summed E-state index contributed by atoms with van der Waals surface area (Å²) in [5, 5.41) is 0.522. The minimum absolute atomic E-state index is 0. The maximum atomic E-state index is 11.8. The Morgan fingerprint density at radius 2 is 1.00 bits per heavy atom. The third-order valence-corrected chi connectivity index (χ3v) is 12.5. The smallest absolute Gasteiger partial charge is 0.793 e. The Hall–Kier alpha value is 2.46. The molecular formula is C18H40O4P2S4Zn. The van der Waals surface area contributed by atoms with Crippen LogP contribution in [0.3, 0.4) is 0 Å². The number of hydrogen-bond acceptors (Lipinski definition) is 8. The van der Waals surface area contributed by atoms with Crippen LogP contribution in [-0.4, -0.2) is 22.7 Å². The van der Waals surface area contributed by atoms with Crippen molar-refractivity contribution in [2.75, 3.05) is 0 Å². The second kappa shape index (κ2) is 19.9. The molecule has 0 bridgehead atoms. The fourth-order valence-corrected chi connectivity index (χ4v) is 12.6. The van der Waals surface area contributed by atoms with E-state index in [2.05, 4.69) is 13.8 Å². The molecule has 0 aromatic heterocycles. The first-order valence-electron chi connectivity index (χ1n) is 10.1. The molecule has 0 radical (unpaired) electrons. The summed E-state index contributed by atoms with van der Waals surface area (Å²) >= 11 is 12.4. The molecule has 0 N–H and O–H groups in total. The monoisotopic (exact) mass is 574 g/mol. The van der Waals surface area contributed by atoms with E-state index in [0.717, 1.165) is 38.5 Å². The molecule has 0 rings (SSSR count). The first-order valence-corrected chi connectivity index (χ1v) is 18.3. The van der Waals surface area contributed by atoms with Gasteiger partial charge in [0, 0.05) is 21.9 Å². The standard InChI is InChI=1S/2C9H21O2PS2.Zn/c2*1-5-6-7-9(4)11-12(10,13)14-8(2)3;/h2*8-9H,5-7H2,1-4H3,(H,10,13);/q;;+2/p-2. The molecule has 0 spiro atoms. The van der Waals surface area contributed by atoms with E-state index in [4.69, 9.17) is 32.7 Å². The summed E-state index contributed by atoms with van der Waals surface area (Å²) in [5.41, 5.74) is -5.69. The van der Waals surface area contributed by atoms with Crippen molar-refractivity contribution in [3.05, 3.63) is 0 Å². The van der Waals surface area contributed by atoms with Gasteiger partial charge in [0.1, 0.15) is 0 Å². The van der Waals surface area contributed by atoms with Gasteiger partial charge in [0.2, 0.25) is 0 Å². The van der Waals surface area contributed by atoms with E-state index in [0.29, 0.717) is 0 Å². The van der Waals surface area contributed by atoms with Crippen LogP contribution in [0.1, 0.15) is 93.9 Å². The molecule has 0 amide bonds. The van der Waals surface area contributed by atoms with E-state index in [1.165, 1.54) is 22.8 Å². The van der Waals surface area contributed by atoms with Crippen molar-refractivity contribution in [3.63, 3.8) is 0 Å². The molecule has 4 nitrogen and oxygen atoms in total. The van der Waals surface area contributed by atoms with Gasteiger partial charge in [-0.25, -0.2) is 0 Å². The van der Waals surface area contributed by atoms with Crippen molar-refractivity contribution < 1.29 is 38.3 Å². The second-order valence-corrected chi connectivity index (χ2v) is 20.3. The van der Waals surface area contributed by atoms with E-state index in [1.54, 1.807) is 0 Å². The van der Waals surface area contributed by atoms with Crippen LogP contribution in [0, 0.1) is 0 Å². The molecule has 11 heteroatoms. The molecule has 0 aliphatic rings. The zero-order valence-electron chi connectivity index (χ0n) is 19.4. The average Bonchev–Trinajstić information content (AvgIpc) is 2.47. The Morgan fingerprint density at radius 1 is 0.724 bits per heavy atom. The normalized spacial score (nSPS) is 17.5. The summed E-state index contributed by atoms with van der Waals surface area (Å²) in [4.78, 5) is 23.5. The average molecular weight is 576 g/mol. The number of rotatable bonds is 14. The van der Waals surface area contributed by atoms with Gasteiger partial charge < -0.3 is 18.8 Å². The Kier molecular flexibility index (Phi) is 24.7. The second-order valence-electron chi connectivity index (χ2n) is 7.32. The van der Waals surface area contributed by atoms with Gasteiger partial charge in [0.15, 0.2) is 0 Å². The number of unbranched alkanes of at least 4 members (excludes halogenated alkanes) is 2. The zero-order chi connectivity index (χ0) is 22.4. The van der Waals surface area contributed by atoms with Crippen LogP contribution in [0.4, 0.5) is 0 Å². The van der Waals surface area contributed by atoms with E-state index < -0.39 is 11.4 Å². The minimum Gasteiger partial charge on any atom is -0.793 e. The Balaban J connectivity index is -0.000000451. The van der Waals surface area contributed by atoms with Crippen LogP contribution >= 0.6 is 34.2 Å². The molecule has 172 valence electrons. The van der Waals surface area contributed by atoms with Gasteiger partial charge >= 0.3 is 19.5 Å². The third-order valence-electron chi connectivity index (χ3n) is 3.23. The van der Waals surface area contributed by atoms with E-state index in [9.17, 15) is 9.79 Å². The Labute approximate surface area is 211 Å². The number of hydrogen-bond donors (Lipinski definition) is 0. The maximum absolute atomic E-state index is 11.8. The van der Waals surface area contributed by atoms with Crippen LogP contribution in [0.5, 0.6) is 0 Å². The summed E-state index contributed by atoms with van der Waals surface area (Å²) in [7, 11) is 0. The summed E-state index contributed by atoms with van der Waals surface area (Å²) in [6.07, 6.45) is 6.38. The van der Waals surface area contributed by atoms with Gasteiger partial charge in [0.05, 0.1) is 12.2 Å². The molecule has 4 atom stereocenters. The van der Waals surface area contributed by atoms with Crippen molar-refractivity contribution in [2.24, 2.45) is 0 Å². The van der Waals surface area contributed by atoms with E-state index in [-0.39, 0.29) is 42.2 Å². The molecular weight excluding hydrogens is 536 g/mol. The van der Waals surface area contributed by atoms with Gasteiger partial charge in [-0.2, -0.15) is 0 Å². The van der Waals surface area contributed by atoms with Crippen LogP contribution in [-0.2, 0) is 52.1 Å². The topological polar surface area (TPSA) is 64.6 Å². The van der Waals surface area contributed by atoms with E-state index >= 15 is 0 Å². The molecule has 0 saturated carbocycles. The van der Waals surface area contributed by atoms with Crippen LogP contribution in [0.25, 0.3) is 0 Å². The third kappa shape index (κ3) is 26.6.